The summed E-state index contributed by atoms with van der Waals surface area (Å²) in [5, 5.41) is 8.39. The number of benzene rings is 9. The topological polar surface area (TPSA) is 42.2 Å². The van der Waals surface area contributed by atoms with Crippen LogP contribution < -0.4 is 25.6 Å². The zero-order chi connectivity index (χ0) is 41.5. The van der Waals surface area contributed by atoms with Crippen molar-refractivity contribution in [2.75, 3.05) is 4.90 Å². The van der Waals surface area contributed by atoms with Gasteiger partial charge in [0.25, 0.3) is 0 Å². The zero-order valence-electron chi connectivity index (χ0n) is 34.2. The summed E-state index contributed by atoms with van der Waals surface area (Å²) < 4.78 is 6.39. The van der Waals surface area contributed by atoms with Crippen LogP contribution in [0, 0.1) is 6.92 Å². The average Bonchev–Trinajstić information content (AvgIpc) is 3.70. The summed E-state index contributed by atoms with van der Waals surface area (Å²) in [5.41, 5.74) is 9.82. The number of hydrogen-bond acceptors (Lipinski definition) is 4. The molecule has 11 rings (SSSR count). The Morgan fingerprint density at radius 3 is 1.53 bits per heavy atom. The van der Waals surface area contributed by atoms with E-state index in [1.807, 2.05) is 18.2 Å². The summed E-state index contributed by atoms with van der Waals surface area (Å²) in [5.74, 6) is 0.589. The van der Waals surface area contributed by atoms with Crippen molar-refractivity contribution in [3.63, 3.8) is 0 Å². The molecule has 0 aliphatic carbocycles. The lowest BCUT2D eigenvalue weighted by atomic mass is 10.0. The fraction of sp³-hybridized carbons (Fsp3) is 0.0175. The minimum absolute atomic E-state index is 0.589. The summed E-state index contributed by atoms with van der Waals surface area (Å²) in [4.78, 5) is 13.1. The van der Waals surface area contributed by atoms with Crippen molar-refractivity contribution in [3.8, 4) is 22.4 Å². The molecule has 0 fully saturated rings. The van der Waals surface area contributed by atoms with Gasteiger partial charge in [-0.05, 0) is 80.8 Å². The summed E-state index contributed by atoms with van der Waals surface area (Å²) in [7, 11) is -2.77. The summed E-state index contributed by atoms with van der Waals surface area (Å²) in [6.07, 6.45) is 0. The van der Waals surface area contributed by atoms with Crippen LogP contribution in [0.4, 0.5) is 17.3 Å². The molecule has 62 heavy (non-hydrogen) atoms. The van der Waals surface area contributed by atoms with Gasteiger partial charge < -0.3 is 4.42 Å². The Morgan fingerprint density at radius 2 is 0.903 bits per heavy atom. The van der Waals surface area contributed by atoms with Gasteiger partial charge in [0, 0.05) is 27.4 Å². The third kappa shape index (κ3) is 6.38. The van der Waals surface area contributed by atoms with Gasteiger partial charge in [-0.3, -0.25) is 4.90 Å². The highest BCUT2D eigenvalue weighted by Gasteiger charge is 2.41. The van der Waals surface area contributed by atoms with E-state index in [2.05, 4.69) is 224 Å². The minimum Gasteiger partial charge on any atom is -0.456 e. The van der Waals surface area contributed by atoms with Crippen LogP contribution in [-0.2, 0) is 0 Å². The van der Waals surface area contributed by atoms with Crippen molar-refractivity contribution >= 4 is 79.0 Å². The molecule has 0 N–H and O–H groups in total. The van der Waals surface area contributed by atoms with Gasteiger partial charge in [0.2, 0.25) is 5.95 Å². The van der Waals surface area contributed by atoms with Crippen LogP contribution in [0.15, 0.2) is 235 Å². The number of hydrogen-bond donors (Lipinski definition) is 0. The maximum absolute atomic E-state index is 6.39. The molecule has 2 heterocycles. The summed E-state index contributed by atoms with van der Waals surface area (Å²) >= 11 is 0. The molecule has 0 bridgehead atoms. The molecule has 0 atom stereocenters. The number of para-hydroxylation sites is 2. The molecule has 5 heteroatoms. The third-order valence-corrected chi connectivity index (χ3v) is 17.0. The normalized spacial score (nSPS) is 11.6. The number of nitrogens with zero attached hydrogens (tertiary/aromatic N) is 3. The number of aromatic nitrogens is 2. The van der Waals surface area contributed by atoms with Crippen molar-refractivity contribution in [1.82, 2.24) is 9.97 Å². The van der Waals surface area contributed by atoms with E-state index in [9.17, 15) is 0 Å². The van der Waals surface area contributed by atoms with Crippen LogP contribution in [0.1, 0.15) is 5.56 Å². The van der Waals surface area contributed by atoms with Crippen molar-refractivity contribution in [2.24, 2.45) is 0 Å². The standard InChI is InChI=1S/C57H41N3OSi/c1-40-38-55-51(49-26-15-17-29-54(49)61-55)39-53(40)60(57-58-52-28-16-14-27-50(52)56(59-57)43-32-30-42(31-33-43)41-18-6-2-7-19-41)44-34-36-48(37-35-44)62(45-20-8-3-9-21-45,46-22-10-4-11-23-46)47-24-12-5-13-25-47/h2-39H,1H3. The first-order chi connectivity index (χ1) is 30.6. The van der Waals surface area contributed by atoms with E-state index in [1.165, 1.54) is 26.3 Å². The Hall–Kier alpha value is -7.86. The summed E-state index contributed by atoms with van der Waals surface area (Å²) in [6, 6.07) is 82.5. The first kappa shape index (κ1) is 37.2. The Balaban J connectivity index is 1.14. The Kier molecular flexibility index (Phi) is 9.37. The smallest absolute Gasteiger partial charge is 0.235 e. The zero-order valence-corrected chi connectivity index (χ0v) is 35.2. The number of fused-ring (bicyclic) bond motifs is 4. The first-order valence-corrected chi connectivity index (χ1v) is 23.1. The molecule has 9 aromatic carbocycles. The predicted molar refractivity (Wildman–Crippen MR) is 261 cm³/mol. The highest BCUT2D eigenvalue weighted by atomic mass is 28.3. The Bertz CT molecular complexity index is 3240. The molecule has 4 nitrogen and oxygen atoms in total. The van der Waals surface area contributed by atoms with E-state index in [0.29, 0.717) is 5.95 Å². The second kappa shape index (κ2) is 15.6. The van der Waals surface area contributed by atoms with Crippen molar-refractivity contribution in [1.29, 1.82) is 0 Å². The largest absolute Gasteiger partial charge is 0.456 e. The van der Waals surface area contributed by atoms with E-state index in [4.69, 9.17) is 14.4 Å². The third-order valence-electron chi connectivity index (χ3n) is 12.2. The minimum atomic E-state index is -2.77. The maximum Gasteiger partial charge on any atom is 0.235 e. The number of furan rings is 1. The molecular formula is C57H41N3OSi. The molecule has 0 aliphatic heterocycles. The lowest BCUT2D eigenvalue weighted by Gasteiger charge is -2.35. The highest BCUT2D eigenvalue weighted by Crippen LogP contribution is 2.41. The average molecular weight is 812 g/mol. The fourth-order valence-electron chi connectivity index (χ4n) is 9.23. The maximum atomic E-state index is 6.39. The number of anilines is 3. The second-order valence-corrected chi connectivity index (χ2v) is 19.6. The van der Waals surface area contributed by atoms with Crippen LogP contribution in [-0.4, -0.2) is 18.0 Å². The van der Waals surface area contributed by atoms with Crippen LogP contribution in [0.25, 0.3) is 55.2 Å². The van der Waals surface area contributed by atoms with Gasteiger partial charge in [0.15, 0.2) is 8.07 Å². The molecule has 0 radical (unpaired) electrons. The van der Waals surface area contributed by atoms with Crippen molar-refractivity contribution in [2.45, 2.75) is 6.92 Å². The predicted octanol–water partition coefficient (Wildman–Crippen LogP) is 12.0. The van der Waals surface area contributed by atoms with E-state index in [-0.39, 0.29) is 0 Å². The van der Waals surface area contributed by atoms with Crippen molar-refractivity contribution < 1.29 is 4.42 Å². The SMILES string of the molecule is Cc1cc2oc3ccccc3c2cc1N(c1ccc([Si](c2ccccc2)(c2ccccc2)c2ccccc2)cc1)c1nc(-c2ccc(-c3ccccc3)cc2)c2ccccc2n1. The molecular weight excluding hydrogens is 771 g/mol. The van der Waals surface area contributed by atoms with E-state index in [1.54, 1.807) is 0 Å². The molecule has 0 spiro atoms. The first-order valence-electron chi connectivity index (χ1n) is 21.1. The van der Waals surface area contributed by atoms with Gasteiger partial charge in [-0.25, -0.2) is 9.97 Å². The molecule has 0 saturated carbocycles. The molecule has 11 aromatic rings. The number of rotatable bonds is 9. The monoisotopic (exact) mass is 811 g/mol. The van der Waals surface area contributed by atoms with Crippen LogP contribution in [0.5, 0.6) is 0 Å². The Labute approximate surface area is 362 Å². The molecule has 0 aliphatic rings. The highest BCUT2D eigenvalue weighted by molar-refractivity contribution is 7.19. The van der Waals surface area contributed by atoms with Crippen molar-refractivity contribution in [3.05, 3.63) is 236 Å². The molecule has 2 aromatic heterocycles. The lowest BCUT2D eigenvalue weighted by molar-refractivity contribution is 0.668. The molecule has 0 saturated heterocycles. The van der Waals surface area contributed by atoms with Crippen LogP contribution >= 0.6 is 0 Å². The van der Waals surface area contributed by atoms with Gasteiger partial charge in [-0.15, -0.1) is 0 Å². The van der Waals surface area contributed by atoms with E-state index < -0.39 is 8.07 Å². The van der Waals surface area contributed by atoms with Gasteiger partial charge in [0.1, 0.15) is 11.2 Å². The van der Waals surface area contributed by atoms with E-state index >= 15 is 0 Å². The van der Waals surface area contributed by atoms with Gasteiger partial charge in [-0.1, -0.05) is 194 Å². The fourth-order valence-corrected chi connectivity index (χ4v) is 14.0. The Morgan fingerprint density at radius 1 is 0.403 bits per heavy atom. The quantitative estimate of drug-likeness (QED) is 0.108. The molecule has 0 amide bonds. The number of aryl methyl sites for hydroxylation is 1. The van der Waals surface area contributed by atoms with Gasteiger partial charge in [-0.2, -0.15) is 0 Å². The van der Waals surface area contributed by atoms with E-state index in [0.717, 1.165) is 66.6 Å². The molecule has 0 unspecified atom stereocenters. The van der Waals surface area contributed by atoms with Gasteiger partial charge in [0.05, 0.1) is 16.9 Å². The van der Waals surface area contributed by atoms with Gasteiger partial charge >= 0.3 is 0 Å². The lowest BCUT2D eigenvalue weighted by Crippen LogP contribution is -2.74. The summed E-state index contributed by atoms with van der Waals surface area (Å²) in [6.45, 7) is 2.14. The second-order valence-electron chi connectivity index (χ2n) is 15.8. The van der Waals surface area contributed by atoms with Crippen LogP contribution in [0.2, 0.25) is 0 Å². The van der Waals surface area contributed by atoms with Crippen LogP contribution in [0.3, 0.4) is 0 Å². The molecule has 294 valence electrons.